The average molecular weight is 353 g/mol. The van der Waals surface area contributed by atoms with E-state index in [0.717, 1.165) is 23.5 Å². The van der Waals surface area contributed by atoms with E-state index < -0.39 is 0 Å². The molecule has 2 aromatic heterocycles. The molecule has 2 N–H and O–H groups in total. The maximum Gasteiger partial charge on any atom is 0.251 e. The van der Waals surface area contributed by atoms with Gasteiger partial charge in [0.2, 0.25) is 11.0 Å². The summed E-state index contributed by atoms with van der Waals surface area (Å²) in [5, 5.41) is 11.9. The molecule has 124 valence electrons. The third kappa shape index (κ3) is 5.14. The molecule has 0 fully saturated rings. The summed E-state index contributed by atoms with van der Waals surface area (Å²) in [6, 6.07) is 1.50. The summed E-state index contributed by atoms with van der Waals surface area (Å²) in [4.78, 5) is 31.1. The lowest BCUT2D eigenvalue weighted by molar-refractivity contribution is -0.115. The molecule has 0 aliphatic rings. The summed E-state index contributed by atoms with van der Waals surface area (Å²) >= 11 is 2.58. The molecule has 0 aromatic carbocycles. The number of carbonyl (C=O) groups excluding carboxylic acids is 1. The number of aromatic amines is 1. The van der Waals surface area contributed by atoms with Gasteiger partial charge in [-0.3, -0.25) is 14.9 Å². The Labute approximate surface area is 142 Å². The number of thioether (sulfide) groups is 1. The van der Waals surface area contributed by atoms with Crippen LogP contribution >= 0.6 is 23.1 Å². The van der Waals surface area contributed by atoms with Crippen molar-refractivity contribution in [2.45, 2.75) is 50.4 Å². The fourth-order valence-electron chi connectivity index (χ4n) is 1.91. The molecule has 0 saturated carbocycles. The molecule has 7 nitrogen and oxygen atoms in total. The minimum atomic E-state index is -0.362. The predicted molar refractivity (Wildman–Crippen MR) is 92.1 cm³/mol. The maximum atomic E-state index is 12.3. The second kappa shape index (κ2) is 8.21. The van der Waals surface area contributed by atoms with E-state index >= 15 is 0 Å². The number of H-pyrrole nitrogens is 1. The van der Waals surface area contributed by atoms with Crippen molar-refractivity contribution in [3.05, 3.63) is 27.1 Å². The molecular weight excluding hydrogens is 334 g/mol. The largest absolute Gasteiger partial charge is 0.301 e. The first kappa shape index (κ1) is 17.6. The Morgan fingerprint density at radius 1 is 1.43 bits per heavy atom. The molecule has 2 rings (SSSR count). The third-order valence-corrected chi connectivity index (χ3v) is 4.96. The first-order valence-corrected chi connectivity index (χ1v) is 9.09. The number of aromatic nitrogens is 4. The quantitative estimate of drug-likeness (QED) is 0.585. The van der Waals surface area contributed by atoms with Gasteiger partial charge in [0.15, 0.2) is 5.16 Å². The highest BCUT2D eigenvalue weighted by atomic mass is 32.2. The van der Waals surface area contributed by atoms with Crippen molar-refractivity contribution in [1.82, 2.24) is 20.2 Å². The number of carbonyl (C=O) groups is 1. The Morgan fingerprint density at radius 2 is 2.22 bits per heavy atom. The molecule has 2 aromatic rings. The Balaban J connectivity index is 2.09. The van der Waals surface area contributed by atoms with Crippen LogP contribution < -0.4 is 10.9 Å². The average Bonchev–Trinajstić information content (AvgIpc) is 2.89. The second-order valence-corrected chi connectivity index (χ2v) is 7.30. The minimum absolute atomic E-state index is 0.169. The zero-order valence-corrected chi connectivity index (χ0v) is 14.9. The number of hydrogen-bond donors (Lipinski definition) is 2. The SMILES string of the molecule is CCCc1cc(=O)[nH]c(SC(CC)C(=O)Nc2nnc(C)s2)n1. The molecule has 0 aliphatic heterocycles. The van der Waals surface area contributed by atoms with E-state index in [9.17, 15) is 9.59 Å². The number of aryl methyl sites for hydroxylation is 2. The highest BCUT2D eigenvalue weighted by molar-refractivity contribution is 8.00. The van der Waals surface area contributed by atoms with Gasteiger partial charge in [-0.2, -0.15) is 0 Å². The number of anilines is 1. The Morgan fingerprint density at radius 3 is 2.83 bits per heavy atom. The van der Waals surface area contributed by atoms with Crippen LogP contribution in [-0.4, -0.2) is 31.3 Å². The van der Waals surface area contributed by atoms with E-state index in [1.54, 1.807) is 0 Å². The smallest absolute Gasteiger partial charge is 0.251 e. The lowest BCUT2D eigenvalue weighted by atomic mass is 10.2. The van der Waals surface area contributed by atoms with Crippen molar-refractivity contribution >= 4 is 34.1 Å². The third-order valence-electron chi connectivity index (χ3n) is 2.95. The molecule has 2 heterocycles. The molecule has 0 aliphatic carbocycles. The van der Waals surface area contributed by atoms with Crippen molar-refractivity contribution in [2.24, 2.45) is 0 Å². The summed E-state index contributed by atoms with van der Waals surface area (Å²) < 4.78 is 0. The van der Waals surface area contributed by atoms with E-state index in [2.05, 4.69) is 25.5 Å². The fraction of sp³-hybridized carbons (Fsp3) is 0.500. The predicted octanol–water partition coefficient (Wildman–Crippen LogP) is 2.39. The Hall–Kier alpha value is -1.74. The molecule has 1 unspecified atom stereocenters. The van der Waals surface area contributed by atoms with Crippen LogP contribution in [0.3, 0.4) is 0 Å². The van der Waals surface area contributed by atoms with Crippen LogP contribution in [0.5, 0.6) is 0 Å². The van der Waals surface area contributed by atoms with Gasteiger partial charge >= 0.3 is 0 Å². The van der Waals surface area contributed by atoms with Gasteiger partial charge in [0.1, 0.15) is 5.01 Å². The molecule has 0 bridgehead atoms. The van der Waals surface area contributed by atoms with Crippen molar-refractivity contribution < 1.29 is 4.79 Å². The first-order chi connectivity index (χ1) is 11.0. The number of nitrogens with one attached hydrogen (secondary N) is 2. The van der Waals surface area contributed by atoms with E-state index in [4.69, 9.17) is 0 Å². The fourth-order valence-corrected chi connectivity index (χ4v) is 3.44. The number of amides is 1. The van der Waals surface area contributed by atoms with Gasteiger partial charge in [-0.05, 0) is 19.8 Å². The highest BCUT2D eigenvalue weighted by Gasteiger charge is 2.20. The highest BCUT2D eigenvalue weighted by Crippen LogP contribution is 2.24. The van der Waals surface area contributed by atoms with Gasteiger partial charge in [-0.15, -0.1) is 10.2 Å². The molecular formula is C14H19N5O2S2. The Bertz CT molecular complexity index is 728. The van der Waals surface area contributed by atoms with E-state index in [1.165, 1.54) is 29.2 Å². The van der Waals surface area contributed by atoms with Gasteiger partial charge < -0.3 is 4.98 Å². The monoisotopic (exact) mass is 353 g/mol. The lowest BCUT2D eigenvalue weighted by Crippen LogP contribution is -2.25. The normalized spacial score (nSPS) is 12.1. The zero-order chi connectivity index (χ0) is 16.8. The van der Waals surface area contributed by atoms with Crippen molar-refractivity contribution in [3.63, 3.8) is 0 Å². The van der Waals surface area contributed by atoms with Crippen molar-refractivity contribution in [1.29, 1.82) is 0 Å². The van der Waals surface area contributed by atoms with Gasteiger partial charge in [-0.1, -0.05) is 43.4 Å². The topological polar surface area (TPSA) is 101 Å². The van der Waals surface area contributed by atoms with Crippen molar-refractivity contribution in [2.75, 3.05) is 5.32 Å². The summed E-state index contributed by atoms with van der Waals surface area (Å²) in [7, 11) is 0. The summed E-state index contributed by atoms with van der Waals surface area (Å²) in [5.74, 6) is -0.169. The molecule has 1 amide bonds. The second-order valence-electron chi connectivity index (χ2n) is 4.92. The van der Waals surface area contributed by atoms with Gasteiger partial charge in [-0.25, -0.2) is 4.98 Å². The van der Waals surface area contributed by atoms with Gasteiger partial charge in [0.25, 0.3) is 5.56 Å². The number of rotatable bonds is 7. The standard InChI is InChI=1S/C14H19N5O2S2/c1-4-6-9-7-11(20)16-13(15-9)23-10(5-2)12(21)17-14-19-18-8(3)22-14/h7,10H,4-6H2,1-3H3,(H,15,16,20)(H,17,19,21). The molecule has 0 saturated heterocycles. The molecule has 23 heavy (non-hydrogen) atoms. The number of nitrogens with zero attached hydrogens (tertiary/aromatic N) is 3. The summed E-state index contributed by atoms with van der Waals surface area (Å²) in [6.07, 6.45) is 2.26. The van der Waals surface area contributed by atoms with Crippen molar-refractivity contribution in [3.8, 4) is 0 Å². The molecule has 0 spiro atoms. The van der Waals surface area contributed by atoms with Crippen LogP contribution in [0.4, 0.5) is 5.13 Å². The van der Waals surface area contributed by atoms with Crippen LogP contribution in [0, 0.1) is 6.92 Å². The van der Waals surface area contributed by atoms with Crippen LogP contribution in [0.15, 0.2) is 16.0 Å². The van der Waals surface area contributed by atoms with E-state index in [0.29, 0.717) is 16.7 Å². The number of hydrogen-bond acceptors (Lipinski definition) is 7. The van der Waals surface area contributed by atoms with E-state index in [1.807, 2.05) is 20.8 Å². The molecule has 1 atom stereocenters. The van der Waals surface area contributed by atoms with E-state index in [-0.39, 0.29) is 16.7 Å². The summed E-state index contributed by atoms with van der Waals surface area (Å²) in [5.41, 5.74) is 0.551. The zero-order valence-electron chi connectivity index (χ0n) is 13.3. The maximum absolute atomic E-state index is 12.3. The Kier molecular flexibility index (Phi) is 6.28. The lowest BCUT2D eigenvalue weighted by Gasteiger charge is -2.12. The van der Waals surface area contributed by atoms with Gasteiger partial charge in [0, 0.05) is 11.8 Å². The van der Waals surface area contributed by atoms with Gasteiger partial charge in [0.05, 0.1) is 5.25 Å². The van der Waals surface area contributed by atoms with Crippen LogP contribution in [-0.2, 0) is 11.2 Å². The first-order valence-electron chi connectivity index (χ1n) is 7.39. The molecule has 0 radical (unpaired) electrons. The van der Waals surface area contributed by atoms with Crippen LogP contribution in [0.25, 0.3) is 0 Å². The van der Waals surface area contributed by atoms with Crippen LogP contribution in [0.2, 0.25) is 0 Å². The summed E-state index contributed by atoms with van der Waals surface area (Å²) in [6.45, 7) is 5.77. The minimum Gasteiger partial charge on any atom is -0.301 e. The molecule has 9 heteroatoms. The van der Waals surface area contributed by atoms with Crippen LogP contribution in [0.1, 0.15) is 37.4 Å².